The molecule has 1 aromatic rings. The second kappa shape index (κ2) is 7.31. The number of piperidine rings is 1. The number of likely N-dealkylation sites (tertiary alicyclic amines) is 1. The molecule has 5 nitrogen and oxygen atoms in total. The number of nitrogens with one attached hydrogen (secondary N) is 2. The molecule has 2 amide bonds. The molecule has 1 unspecified atom stereocenters. The lowest BCUT2D eigenvalue weighted by Crippen LogP contribution is -2.50. The van der Waals surface area contributed by atoms with E-state index < -0.39 is 0 Å². The third-order valence-electron chi connectivity index (χ3n) is 4.01. The smallest absolute Gasteiger partial charge is 0.315 e. The second-order valence-electron chi connectivity index (χ2n) is 5.67. The van der Waals surface area contributed by atoms with E-state index in [2.05, 4.69) is 22.5 Å². The monoisotopic (exact) mass is 291 g/mol. The van der Waals surface area contributed by atoms with E-state index in [0.29, 0.717) is 0 Å². The molecule has 116 valence electrons. The molecule has 2 atom stereocenters. The molecule has 1 aliphatic rings. The van der Waals surface area contributed by atoms with Crippen molar-refractivity contribution in [3.8, 4) is 5.75 Å². The van der Waals surface area contributed by atoms with E-state index in [-0.39, 0.29) is 23.9 Å². The fraction of sp³-hybridized carbons (Fsp3) is 0.562. The van der Waals surface area contributed by atoms with Crippen molar-refractivity contribution in [1.29, 1.82) is 0 Å². The van der Waals surface area contributed by atoms with E-state index in [1.165, 1.54) is 0 Å². The van der Waals surface area contributed by atoms with Crippen LogP contribution in [0.25, 0.3) is 0 Å². The van der Waals surface area contributed by atoms with Gasteiger partial charge < -0.3 is 20.6 Å². The Morgan fingerprint density at radius 1 is 1.52 bits per heavy atom. The lowest BCUT2D eigenvalue weighted by molar-refractivity contribution is 0.191. The second-order valence-corrected chi connectivity index (χ2v) is 5.67. The molecule has 5 heteroatoms. The minimum Gasteiger partial charge on any atom is -0.508 e. The SMILES string of the molecule is CCN1CCCC(NC(=O)N[C@@H](C)c2cccc(O)c2)C1. The quantitative estimate of drug-likeness (QED) is 0.797. The molecule has 0 spiro atoms. The Morgan fingerprint density at radius 3 is 3.05 bits per heavy atom. The van der Waals surface area contributed by atoms with E-state index >= 15 is 0 Å². The molecular formula is C16H25N3O2. The van der Waals surface area contributed by atoms with Gasteiger partial charge in [0.1, 0.15) is 5.75 Å². The van der Waals surface area contributed by atoms with E-state index in [1.54, 1.807) is 18.2 Å². The van der Waals surface area contributed by atoms with Crippen LogP contribution in [-0.2, 0) is 0 Å². The first-order valence-corrected chi connectivity index (χ1v) is 7.66. The summed E-state index contributed by atoms with van der Waals surface area (Å²) in [6.07, 6.45) is 2.16. The van der Waals surface area contributed by atoms with Gasteiger partial charge in [0.05, 0.1) is 6.04 Å². The highest BCUT2D eigenvalue weighted by Crippen LogP contribution is 2.17. The van der Waals surface area contributed by atoms with Crippen molar-refractivity contribution in [3.63, 3.8) is 0 Å². The molecule has 1 aliphatic heterocycles. The molecule has 1 fully saturated rings. The van der Waals surface area contributed by atoms with E-state index in [0.717, 1.165) is 38.0 Å². The number of nitrogens with zero attached hydrogens (tertiary/aromatic N) is 1. The molecule has 0 bridgehead atoms. The summed E-state index contributed by atoms with van der Waals surface area (Å²) in [5.41, 5.74) is 0.893. The number of likely N-dealkylation sites (N-methyl/N-ethyl adjacent to an activating group) is 1. The number of aromatic hydroxyl groups is 1. The van der Waals surface area contributed by atoms with E-state index in [1.807, 2.05) is 13.0 Å². The molecule has 0 saturated carbocycles. The van der Waals surface area contributed by atoms with Crippen LogP contribution in [0.5, 0.6) is 5.75 Å². The summed E-state index contributed by atoms with van der Waals surface area (Å²) in [6.45, 7) is 7.12. The van der Waals surface area contributed by atoms with Crippen molar-refractivity contribution in [2.45, 2.75) is 38.8 Å². The molecular weight excluding hydrogens is 266 g/mol. The Balaban J connectivity index is 1.84. The summed E-state index contributed by atoms with van der Waals surface area (Å²) >= 11 is 0. The Hall–Kier alpha value is -1.75. The number of phenols is 1. The van der Waals surface area contributed by atoms with Gasteiger partial charge >= 0.3 is 6.03 Å². The number of amides is 2. The summed E-state index contributed by atoms with van der Waals surface area (Å²) < 4.78 is 0. The van der Waals surface area contributed by atoms with Crippen LogP contribution in [0, 0.1) is 0 Å². The molecule has 3 N–H and O–H groups in total. The van der Waals surface area contributed by atoms with Gasteiger partial charge in [0.25, 0.3) is 0 Å². The number of hydrogen-bond donors (Lipinski definition) is 3. The number of phenolic OH excluding ortho intramolecular Hbond substituents is 1. The topological polar surface area (TPSA) is 64.6 Å². The maximum Gasteiger partial charge on any atom is 0.315 e. The molecule has 1 aromatic carbocycles. The largest absolute Gasteiger partial charge is 0.508 e. The van der Waals surface area contributed by atoms with Gasteiger partial charge in [0.15, 0.2) is 0 Å². The summed E-state index contributed by atoms with van der Waals surface area (Å²) in [6, 6.07) is 6.90. The maximum absolute atomic E-state index is 12.1. The van der Waals surface area contributed by atoms with E-state index in [4.69, 9.17) is 0 Å². The van der Waals surface area contributed by atoms with Gasteiger partial charge in [0.2, 0.25) is 0 Å². The van der Waals surface area contributed by atoms with Gasteiger partial charge in [-0.15, -0.1) is 0 Å². The van der Waals surface area contributed by atoms with Gasteiger partial charge in [-0.3, -0.25) is 0 Å². The Bertz CT molecular complexity index is 478. The van der Waals surface area contributed by atoms with Crippen LogP contribution in [0.4, 0.5) is 4.79 Å². The number of carbonyl (C=O) groups is 1. The lowest BCUT2D eigenvalue weighted by atomic mass is 10.1. The normalized spacial score (nSPS) is 20.8. The van der Waals surface area contributed by atoms with Gasteiger partial charge in [-0.1, -0.05) is 19.1 Å². The van der Waals surface area contributed by atoms with E-state index in [9.17, 15) is 9.90 Å². The zero-order valence-electron chi connectivity index (χ0n) is 12.8. The Labute approximate surface area is 126 Å². The fourth-order valence-electron chi connectivity index (χ4n) is 2.76. The molecule has 0 aliphatic carbocycles. The van der Waals surface area contributed by atoms with Crippen molar-refractivity contribution in [1.82, 2.24) is 15.5 Å². The number of hydrogen-bond acceptors (Lipinski definition) is 3. The predicted octanol–water partition coefficient (Wildman–Crippen LogP) is 2.24. The third kappa shape index (κ3) is 4.63. The van der Waals surface area contributed by atoms with Crippen LogP contribution in [0.3, 0.4) is 0 Å². The minimum atomic E-state index is -0.145. The number of rotatable bonds is 4. The molecule has 0 aromatic heterocycles. The van der Waals surface area contributed by atoms with Crippen LogP contribution in [0.2, 0.25) is 0 Å². The molecule has 2 rings (SSSR count). The average Bonchev–Trinajstić information content (AvgIpc) is 2.47. The van der Waals surface area contributed by atoms with Crippen LogP contribution in [-0.4, -0.2) is 41.7 Å². The van der Waals surface area contributed by atoms with Gasteiger partial charge in [-0.05, 0) is 50.6 Å². The highest BCUT2D eigenvalue weighted by molar-refractivity contribution is 5.74. The summed E-state index contributed by atoms with van der Waals surface area (Å²) in [5, 5.41) is 15.4. The first kappa shape index (κ1) is 15.6. The maximum atomic E-state index is 12.1. The van der Waals surface area contributed by atoms with Crippen LogP contribution >= 0.6 is 0 Å². The molecule has 1 heterocycles. The van der Waals surface area contributed by atoms with Gasteiger partial charge in [-0.2, -0.15) is 0 Å². The first-order valence-electron chi connectivity index (χ1n) is 7.66. The molecule has 1 saturated heterocycles. The zero-order chi connectivity index (χ0) is 15.2. The lowest BCUT2D eigenvalue weighted by Gasteiger charge is -2.32. The zero-order valence-corrected chi connectivity index (χ0v) is 12.8. The highest BCUT2D eigenvalue weighted by atomic mass is 16.3. The van der Waals surface area contributed by atoms with Gasteiger partial charge in [0, 0.05) is 12.6 Å². The van der Waals surface area contributed by atoms with Crippen molar-refractivity contribution in [2.24, 2.45) is 0 Å². The van der Waals surface area contributed by atoms with Gasteiger partial charge in [-0.25, -0.2) is 4.79 Å². The average molecular weight is 291 g/mol. The number of benzene rings is 1. The third-order valence-corrected chi connectivity index (χ3v) is 4.01. The number of urea groups is 1. The summed E-state index contributed by atoms with van der Waals surface area (Å²) in [7, 11) is 0. The fourth-order valence-corrected chi connectivity index (χ4v) is 2.76. The van der Waals surface area contributed by atoms with Crippen LogP contribution in [0.15, 0.2) is 24.3 Å². The number of carbonyl (C=O) groups excluding carboxylic acids is 1. The van der Waals surface area contributed by atoms with Crippen LogP contribution in [0.1, 0.15) is 38.3 Å². The van der Waals surface area contributed by atoms with Crippen molar-refractivity contribution in [3.05, 3.63) is 29.8 Å². The van der Waals surface area contributed by atoms with Crippen molar-refractivity contribution in [2.75, 3.05) is 19.6 Å². The minimum absolute atomic E-state index is 0.136. The summed E-state index contributed by atoms with van der Waals surface area (Å²) in [4.78, 5) is 14.4. The summed E-state index contributed by atoms with van der Waals surface area (Å²) in [5.74, 6) is 0.215. The standard InChI is InChI=1S/C16H25N3O2/c1-3-19-9-5-7-14(11-19)18-16(21)17-12(2)13-6-4-8-15(20)10-13/h4,6,8,10,12,14,20H,3,5,7,9,11H2,1-2H3,(H2,17,18,21)/t12-,14?/m0/s1. The Kier molecular flexibility index (Phi) is 5.44. The highest BCUT2D eigenvalue weighted by Gasteiger charge is 2.20. The Morgan fingerprint density at radius 2 is 2.33 bits per heavy atom. The van der Waals surface area contributed by atoms with Crippen molar-refractivity contribution >= 4 is 6.03 Å². The van der Waals surface area contributed by atoms with Crippen molar-refractivity contribution < 1.29 is 9.90 Å². The van der Waals surface area contributed by atoms with Crippen LogP contribution < -0.4 is 10.6 Å². The first-order chi connectivity index (χ1) is 10.1. The predicted molar refractivity (Wildman–Crippen MR) is 83.3 cm³/mol. The molecule has 21 heavy (non-hydrogen) atoms. The molecule has 0 radical (unpaired) electrons.